The van der Waals surface area contributed by atoms with Crippen LogP contribution in [0.5, 0.6) is 0 Å². The number of ether oxygens (including phenoxy) is 2. The lowest BCUT2D eigenvalue weighted by molar-refractivity contribution is -0.332. The summed E-state index contributed by atoms with van der Waals surface area (Å²) in [5.74, 6) is 7.26. The van der Waals surface area contributed by atoms with Gasteiger partial charge in [0.1, 0.15) is 11.7 Å². The lowest BCUT2D eigenvalue weighted by Crippen LogP contribution is -2.86. The molecule has 0 amide bonds. The maximum Gasteiger partial charge on any atom is 0.192 e. The molecule has 5 aliphatic rings. The molecule has 0 radical (unpaired) electrons. The largest absolute Gasteiger partial charge is 0.417 e. The van der Waals surface area contributed by atoms with Crippen molar-refractivity contribution in [2.24, 2.45) is 22.7 Å². The average molecular weight is 641 g/mol. The quantitative estimate of drug-likeness (QED) is 0.223. The molecule has 3 saturated carbocycles. The first-order valence-corrected chi connectivity index (χ1v) is 22.8. The van der Waals surface area contributed by atoms with Gasteiger partial charge in [-0.15, -0.1) is 0 Å². The summed E-state index contributed by atoms with van der Waals surface area (Å²) in [4.78, 5) is 0. The highest BCUT2D eigenvalue weighted by molar-refractivity contribution is 6.74. The predicted molar refractivity (Wildman–Crippen MR) is 184 cm³/mol. The fraction of sp³-hybridized carbons (Fsp3) is 0.784. The van der Waals surface area contributed by atoms with E-state index >= 15 is 0 Å². The van der Waals surface area contributed by atoms with Gasteiger partial charge in [0, 0.05) is 23.0 Å². The minimum atomic E-state index is -1.96. The maximum absolute atomic E-state index is 10.8. The smallest absolute Gasteiger partial charge is 0.192 e. The van der Waals surface area contributed by atoms with Crippen molar-refractivity contribution in [2.75, 3.05) is 19.8 Å². The first-order chi connectivity index (χ1) is 20.0. The number of aliphatic hydroxyl groups excluding tert-OH is 1. The summed E-state index contributed by atoms with van der Waals surface area (Å²) in [5.41, 5.74) is 3.51. The van der Waals surface area contributed by atoms with Gasteiger partial charge in [-0.1, -0.05) is 66.7 Å². The molecule has 4 aliphatic carbocycles. The van der Waals surface area contributed by atoms with Gasteiger partial charge < -0.3 is 23.4 Å². The Balaban J connectivity index is 1.55. The molecule has 0 unspecified atom stereocenters. The van der Waals surface area contributed by atoms with Gasteiger partial charge in [0.25, 0.3) is 0 Å². The van der Waals surface area contributed by atoms with E-state index in [1.807, 2.05) is 13.8 Å². The topological polar surface area (TPSA) is 57.2 Å². The fourth-order valence-corrected chi connectivity index (χ4v) is 10.8. The molecule has 246 valence electrons. The van der Waals surface area contributed by atoms with E-state index < -0.39 is 22.4 Å². The Morgan fingerprint density at radius 1 is 1.05 bits per heavy atom. The average Bonchev–Trinajstić information content (AvgIpc) is 3.08. The van der Waals surface area contributed by atoms with Crippen LogP contribution in [0.15, 0.2) is 34.4 Å². The molecule has 1 aliphatic heterocycles. The van der Waals surface area contributed by atoms with Crippen LogP contribution in [0.1, 0.15) is 88.5 Å². The number of rotatable bonds is 7. The number of hydrogen-bond acceptors (Lipinski definition) is 5. The number of hydrogen-bond donors (Lipinski definition) is 1. The van der Waals surface area contributed by atoms with Crippen molar-refractivity contribution in [3.63, 3.8) is 0 Å². The molecular weight excluding hydrogens is 581 g/mol. The van der Waals surface area contributed by atoms with Gasteiger partial charge in [-0.2, -0.15) is 0 Å². The third-order valence-electron chi connectivity index (χ3n) is 13.1. The molecule has 5 nitrogen and oxygen atoms in total. The molecule has 1 heterocycles. The first-order valence-electron chi connectivity index (χ1n) is 16.9. The second kappa shape index (κ2) is 10.5. The summed E-state index contributed by atoms with van der Waals surface area (Å²) >= 11 is 0. The van der Waals surface area contributed by atoms with Gasteiger partial charge in [-0.05, 0) is 111 Å². The highest BCUT2D eigenvalue weighted by atomic mass is 28.4. The van der Waals surface area contributed by atoms with E-state index in [1.54, 1.807) is 0 Å². The molecule has 2 spiro atoms. The van der Waals surface area contributed by atoms with Gasteiger partial charge in [0.2, 0.25) is 0 Å². The van der Waals surface area contributed by atoms with Gasteiger partial charge in [-0.25, -0.2) is 0 Å². The Labute approximate surface area is 270 Å². The zero-order valence-electron chi connectivity index (χ0n) is 30.2. The normalized spacial score (nSPS) is 36.3. The Kier molecular flexibility index (Phi) is 8.20. The second-order valence-electron chi connectivity index (χ2n) is 17.9. The lowest BCUT2D eigenvalue weighted by atomic mass is 9.21. The van der Waals surface area contributed by atoms with Gasteiger partial charge >= 0.3 is 0 Å². The monoisotopic (exact) mass is 640 g/mol. The summed E-state index contributed by atoms with van der Waals surface area (Å²) in [5, 5.41) is 11.1. The Bertz CT molecular complexity index is 1350. The van der Waals surface area contributed by atoms with Gasteiger partial charge in [0.15, 0.2) is 22.4 Å². The number of fused-ring (bicyclic) bond motifs is 1. The van der Waals surface area contributed by atoms with E-state index in [1.165, 1.54) is 5.57 Å². The zero-order valence-corrected chi connectivity index (χ0v) is 32.2. The van der Waals surface area contributed by atoms with Crippen LogP contribution in [0.3, 0.4) is 0 Å². The van der Waals surface area contributed by atoms with E-state index in [4.69, 9.17) is 18.3 Å². The van der Waals surface area contributed by atoms with Gasteiger partial charge in [0.05, 0.1) is 13.2 Å². The van der Waals surface area contributed by atoms with Crippen LogP contribution in [0, 0.1) is 34.5 Å². The molecule has 0 aromatic carbocycles. The second-order valence-corrected chi connectivity index (χ2v) is 27.6. The molecule has 5 rings (SSSR count). The minimum Gasteiger partial charge on any atom is -0.417 e. The van der Waals surface area contributed by atoms with Crippen molar-refractivity contribution >= 4 is 16.6 Å². The molecule has 0 aromatic heterocycles. The first kappa shape index (κ1) is 34.4. The van der Waals surface area contributed by atoms with Crippen molar-refractivity contribution in [3.8, 4) is 11.8 Å². The van der Waals surface area contributed by atoms with E-state index in [-0.39, 0.29) is 39.2 Å². The maximum atomic E-state index is 10.8. The fourth-order valence-electron chi connectivity index (χ4n) is 8.87. The van der Waals surface area contributed by atoms with Crippen LogP contribution in [0.2, 0.25) is 36.3 Å². The van der Waals surface area contributed by atoms with Crippen molar-refractivity contribution in [2.45, 2.75) is 142 Å². The summed E-state index contributed by atoms with van der Waals surface area (Å²) in [6.07, 6.45) is 7.46. The lowest BCUT2D eigenvalue weighted by Gasteiger charge is -2.83. The van der Waals surface area contributed by atoms with E-state index in [9.17, 15) is 5.11 Å². The van der Waals surface area contributed by atoms with Crippen LogP contribution >= 0.6 is 0 Å². The van der Waals surface area contributed by atoms with Crippen LogP contribution in [0.25, 0.3) is 0 Å². The molecular formula is C37H60O5Si2. The Morgan fingerprint density at radius 2 is 1.66 bits per heavy atom. The highest BCUT2D eigenvalue weighted by Crippen LogP contribution is 2.87. The Morgan fingerprint density at radius 3 is 2.25 bits per heavy atom. The molecule has 0 bridgehead atoms. The molecule has 1 N–H and O–H groups in total. The SMILES string of the molecule is C/C(C#CC1=CC(CO)=C2[C@@H]3OC(C)(C)O[C@@]34CCC[C@@H]3[C@@H](CO[Si](C)(C)C(C)(C)C)[C@]1(C)[C@@]234)=C\CO[Si](C)(C)C(C)(C)C. The van der Waals surface area contributed by atoms with Crippen LogP contribution in [-0.4, -0.2) is 59.1 Å². The molecule has 1 saturated heterocycles. The molecule has 6 atom stereocenters. The third kappa shape index (κ3) is 4.64. The van der Waals surface area contributed by atoms with Crippen LogP contribution < -0.4 is 0 Å². The molecule has 7 heteroatoms. The number of aliphatic hydroxyl groups is 1. The van der Waals surface area contributed by atoms with Crippen molar-refractivity contribution < 1.29 is 23.4 Å². The highest BCUT2D eigenvalue weighted by Gasteiger charge is 2.91. The van der Waals surface area contributed by atoms with E-state index in [0.717, 1.165) is 42.6 Å². The summed E-state index contributed by atoms with van der Waals surface area (Å²) in [6.45, 7) is 33.0. The summed E-state index contributed by atoms with van der Waals surface area (Å²) < 4.78 is 27.1. The van der Waals surface area contributed by atoms with Crippen LogP contribution in [0.4, 0.5) is 0 Å². The predicted octanol–water partition coefficient (Wildman–Crippen LogP) is 8.54. The standard InChI is InChI=1S/C37H60O5Si2/c1-25(19-21-39-43(11,12)32(2,3)4)17-18-27-22-26(23-38)30-31-36(42-34(8,9)41-31)20-15-16-28-29(35(27,10)37(28,30)36)24-40-44(13,14)33(5,6)7/h19,22,28-29,31,38H,15-16,20-21,23-24H2,1-14H3/b25-19+/t28-,29-,31+,35-,36+,37+/m1/s1. The van der Waals surface area contributed by atoms with Crippen molar-refractivity contribution in [1.29, 1.82) is 0 Å². The van der Waals surface area contributed by atoms with Crippen LogP contribution in [-0.2, 0) is 18.3 Å². The summed E-state index contributed by atoms with van der Waals surface area (Å²) in [6, 6.07) is 0. The van der Waals surface area contributed by atoms with Crippen molar-refractivity contribution in [1.82, 2.24) is 0 Å². The molecule has 0 aromatic rings. The van der Waals surface area contributed by atoms with Crippen molar-refractivity contribution in [3.05, 3.63) is 34.4 Å². The van der Waals surface area contributed by atoms with E-state index in [2.05, 4.69) is 106 Å². The third-order valence-corrected chi connectivity index (χ3v) is 22.1. The zero-order chi connectivity index (χ0) is 32.9. The number of allylic oxidation sites excluding steroid dienone is 2. The summed E-state index contributed by atoms with van der Waals surface area (Å²) in [7, 11) is -3.80. The van der Waals surface area contributed by atoms with E-state index in [0.29, 0.717) is 18.4 Å². The molecule has 4 fully saturated rings. The Hall–Kier alpha value is -0.986. The molecule has 44 heavy (non-hydrogen) atoms. The van der Waals surface area contributed by atoms with Gasteiger partial charge in [-0.3, -0.25) is 0 Å². The minimum absolute atomic E-state index is 0.0122.